The van der Waals surface area contributed by atoms with Crippen LogP contribution in [0, 0.1) is 15.9 Å². The number of benzene rings is 2. The van der Waals surface area contributed by atoms with E-state index in [9.17, 15) is 19.3 Å². The lowest BCUT2D eigenvalue weighted by atomic mass is 10.1. The van der Waals surface area contributed by atoms with Gasteiger partial charge in [0.05, 0.1) is 4.92 Å². The highest BCUT2D eigenvalue weighted by Crippen LogP contribution is 2.25. The van der Waals surface area contributed by atoms with Crippen LogP contribution in [0.1, 0.15) is 15.9 Å². The van der Waals surface area contributed by atoms with Crippen molar-refractivity contribution >= 4 is 17.7 Å². The van der Waals surface area contributed by atoms with Gasteiger partial charge < -0.3 is 5.32 Å². The van der Waals surface area contributed by atoms with Crippen LogP contribution in [-0.2, 0) is 6.42 Å². The molecule has 0 unspecified atom stereocenters. The lowest BCUT2D eigenvalue weighted by molar-refractivity contribution is -0.384. The van der Waals surface area contributed by atoms with Crippen molar-refractivity contribution in [2.45, 2.75) is 6.42 Å². The largest absolute Gasteiger partial charge is 0.379 e. The second-order valence-corrected chi connectivity index (χ2v) is 4.42. The van der Waals surface area contributed by atoms with Gasteiger partial charge in [-0.25, -0.2) is 4.39 Å². The second kappa shape index (κ2) is 6.60. The fourth-order valence-electron chi connectivity index (χ4n) is 1.96. The van der Waals surface area contributed by atoms with Crippen LogP contribution in [-0.4, -0.2) is 17.8 Å². The summed E-state index contributed by atoms with van der Waals surface area (Å²) in [5, 5.41) is 13.9. The van der Waals surface area contributed by atoms with Crippen LogP contribution in [0.25, 0.3) is 0 Å². The van der Waals surface area contributed by atoms with Crippen molar-refractivity contribution < 1.29 is 14.1 Å². The number of nitro groups is 1. The maximum atomic E-state index is 13.4. The number of rotatable bonds is 6. The smallest absolute Gasteiger partial charge is 0.293 e. The van der Waals surface area contributed by atoms with E-state index in [0.29, 0.717) is 30.5 Å². The molecule has 108 valence electrons. The number of carbonyl (C=O) groups is 1. The summed E-state index contributed by atoms with van der Waals surface area (Å²) in [7, 11) is 0. The van der Waals surface area contributed by atoms with Gasteiger partial charge >= 0.3 is 0 Å². The summed E-state index contributed by atoms with van der Waals surface area (Å²) < 4.78 is 13.4. The third-order valence-corrected chi connectivity index (χ3v) is 3.02. The molecule has 0 aliphatic rings. The van der Waals surface area contributed by atoms with Gasteiger partial charge in [0, 0.05) is 18.2 Å². The van der Waals surface area contributed by atoms with E-state index >= 15 is 0 Å². The lowest BCUT2D eigenvalue weighted by Gasteiger charge is -2.08. The Morgan fingerprint density at radius 1 is 1.24 bits per heavy atom. The predicted octanol–water partition coefficient (Wildman–Crippen LogP) is 3.20. The summed E-state index contributed by atoms with van der Waals surface area (Å²) in [6, 6.07) is 10.6. The number of hydrogen-bond acceptors (Lipinski definition) is 4. The summed E-state index contributed by atoms with van der Waals surface area (Å²) >= 11 is 0. The standard InChI is InChI=1S/C15H13FN2O3/c16-13-4-2-1-3-12(13)7-8-17-14-6-5-11(10-19)9-15(14)18(20)21/h1-6,9-10,17H,7-8H2. The molecule has 2 rings (SSSR count). The summed E-state index contributed by atoms with van der Waals surface area (Å²) in [5.41, 5.74) is 0.911. The molecule has 21 heavy (non-hydrogen) atoms. The molecule has 0 atom stereocenters. The highest BCUT2D eigenvalue weighted by Gasteiger charge is 2.14. The third kappa shape index (κ3) is 3.62. The Morgan fingerprint density at radius 3 is 2.67 bits per heavy atom. The van der Waals surface area contributed by atoms with E-state index in [1.807, 2.05) is 0 Å². The number of nitrogens with one attached hydrogen (secondary N) is 1. The zero-order valence-corrected chi connectivity index (χ0v) is 11.1. The van der Waals surface area contributed by atoms with Gasteiger partial charge in [-0.2, -0.15) is 0 Å². The van der Waals surface area contributed by atoms with Crippen molar-refractivity contribution in [2.24, 2.45) is 0 Å². The van der Waals surface area contributed by atoms with Gasteiger partial charge in [0.25, 0.3) is 5.69 Å². The molecule has 6 heteroatoms. The molecule has 0 fully saturated rings. The molecule has 0 spiro atoms. The van der Waals surface area contributed by atoms with Crippen molar-refractivity contribution in [3.63, 3.8) is 0 Å². The van der Waals surface area contributed by atoms with Gasteiger partial charge in [-0.3, -0.25) is 14.9 Å². The molecule has 0 aromatic heterocycles. The maximum Gasteiger partial charge on any atom is 0.293 e. The first kappa shape index (κ1) is 14.6. The normalized spacial score (nSPS) is 10.1. The average Bonchev–Trinajstić information content (AvgIpc) is 2.49. The second-order valence-electron chi connectivity index (χ2n) is 4.42. The summed E-state index contributed by atoms with van der Waals surface area (Å²) in [4.78, 5) is 21.1. The quantitative estimate of drug-likeness (QED) is 0.503. The van der Waals surface area contributed by atoms with Crippen molar-refractivity contribution in [3.05, 3.63) is 69.5 Å². The molecule has 0 aliphatic heterocycles. The molecular weight excluding hydrogens is 275 g/mol. The van der Waals surface area contributed by atoms with Crippen LogP contribution in [0.3, 0.4) is 0 Å². The highest BCUT2D eigenvalue weighted by atomic mass is 19.1. The Balaban J connectivity index is 2.08. The van der Waals surface area contributed by atoms with E-state index < -0.39 is 4.92 Å². The monoisotopic (exact) mass is 288 g/mol. The van der Waals surface area contributed by atoms with E-state index in [-0.39, 0.29) is 17.1 Å². The first-order valence-electron chi connectivity index (χ1n) is 6.32. The molecule has 0 aliphatic carbocycles. The van der Waals surface area contributed by atoms with Crippen LogP contribution < -0.4 is 5.32 Å². The minimum Gasteiger partial charge on any atom is -0.379 e. The van der Waals surface area contributed by atoms with Gasteiger partial charge in [-0.15, -0.1) is 0 Å². The number of nitro benzene ring substituents is 1. The molecule has 0 bridgehead atoms. The number of anilines is 1. The van der Waals surface area contributed by atoms with E-state index in [0.717, 1.165) is 0 Å². The van der Waals surface area contributed by atoms with Crippen LogP contribution in [0.2, 0.25) is 0 Å². The highest BCUT2D eigenvalue weighted by molar-refractivity contribution is 5.79. The molecule has 0 radical (unpaired) electrons. The van der Waals surface area contributed by atoms with E-state index in [2.05, 4.69) is 5.32 Å². The predicted molar refractivity (Wildman–Crippen MR) is 77.1 cm³/mol. The van der Waals surface area contributed by atoms with Crippen molar-refractivity contribution in [3.8, 4) is 0 Å². The number of aldehydes is 1. The Labute approximate surface area is 120 Å². The molecule has 0 amide bonds. The van der Waals surface area contributed by atoms with Gasteiger partial charge in [0.2, 0.25) is 0 Å². The molecule has 0 heterocycles. The van der Waals surface area contributed by atoms with Crippen molar-refractivity contribution in [2.75, 3.05) is 11.9 Å². The summed E-state index contributed by atoms with van der Waals surface area (Å²) in [6.45, 7) is 0.349. The van der Waals surface area contributed by atoms with E-state index in [1.165, 1.54) is 24.3 Å². The summed E-state index contributed by atoms with van der Waals surface area (Å²) in [5.74, 6) is -0.301. The molecule has 0 saturated heterocycles. The lowest BCUT2D eigenvalue weighted by Crippen LogP contribution is -2.08. The minimum atomic E-state index is -0.557. The molecule has 0 saturated carbocycles. The number of halogens is 1. The molecular formula is C15H13FN2O3. The molecule has 2 aromatic rings. The van der Waals surface area contributed by atoms with Crippen LogP contribution >= 0.6 is 0 Å². The third-order valence-electron chi connectivity index (χ3n) is 3.02. The zero-order valence-electron chi connectivity index (χ0n) is 11.1. The Morgan fingerprint density at radius 2 is 2.00 bits per heavy atom. The average molecular weight is 288 g/mol. The summed E-state index contributed by atoms with van der Waals surface area (Å²) in [6.07, 6.45) is 0.954. The molecule has 2 aromatic carbocycles. The van der Waals surface area contributed by atoms with E-state index in [4.69, 9.17) is 0 Å². The SMILES string of the molecule is O=Cc1ccc(NCCc2ccccc2F)c([N+](=O)[O-])c1. The van der Waals surface area contributed by atoms with Gasteiger partial charge in [-0.05, 0) is 30.2 Å². The minimum absolute atomic E-state index is 0.173. The van der Waals surface area contributed by atoms with Crippen molar-refractivity contribution in [1.29, 1.82) is 0 Å². The van der Waals surface area contributed by atoms with Crippen molar-refractivity contribution in [1.82, 2.24) is 0 Å². The number of carbonyl (C=O) groups excluding carboxylic acids is 1. The first-order valence-corrected chi connectivity index (χ1v) is 6.32. The Hall–Kier alpha value is -2.76. The zero-order chi connectivity index (χ0) is 15.2. The number of nitrogens with zero attached hydrogens (tertiary/aromatic N) is 1. The van der Waals surface area contributed by atoms with Gasteiger partial charge in [-0.1, -0.05) is 18.2 Å². The number of hydrogen-bond donors (Lipinski definition) is 1. The Bertz CT molecular complexity index is 674. The van der Waals surface area contributed by atoms with Gasteiger partial charge in [0.1, 0.15) is 17.8 Å². The van der Waals surface area contributed by atoms with Crippen LogP contribution in [0.5, 0.6) is 0 Å². The Kier molecular flexibility index (Phi) is 4.61. The van der Waals surface area contributed by atoms with Gasteiger partial charge in [0.15, 0.2) is 0 Å². The topological polar surface area (TPSA) is 72.2 Å². The maximum absolute atomic E-state index is 13.4. The molecule has 5 nitrogen and oxygen atoms in total. The fourth-order valence-corrected chi connectivity index (χ4v) is 1.96. The first-order chi connectivity index (χ1) is 10.1. The fraction of sp³-hybridized carbons (Fsp3) is 0.133. The van der Waals surface area contributed by atoms with Crippen LogP contribution in [0.4, 0.5) is 15.8 Å². The van der Waals surface area contributed by atoms with Crippen LogP contribution in [0.15, 0.2) is 42.5 Å². The van der Waals surface area contributed by atoms with E-state index in [1.54, 1.807) is 18.2 Å². The molecule has 1 N–H and O–H groups in total.